The zero-order valence-corrected chi connectivity index (χ0v) is 14.8. The van der Waals surface area contributed by atoms with Crippen LogP contribution in [0, 0.1) is 5.82 Å². The first-order chi connectivity index (χ1) is 12.1. The largest absolute Gasteiger partial charge is 0.335 e. The molecular weight excluding hydrogens is 339 g/mol. The van der Waals surface area contributed by atoms with Crippen molar-refractivity contribution in [3.05, 3.63) is 65.5 Å². The van der Waals surface area contributed by atoms with Crippen LogP contribution in [0.3, 0.4) is 0 Å². The maximum atomic E-state index is 13.3. The number of carbonyl (C=O) groups is 2. The molecule has 1 aliphatic rings. The highest BCUT2D eigenvalue weighted by molar-refractivity contribution is 7.98. The van der Waals surface area contributed by atoms with Crippen molar-refractivity contribution in [2.45, 2.75) is 4.90 Å². The minimum Gasteiger partial charge on any atom is -0.335 e. The lowest BCUT2D eigenvalue weighted by atomic mass is 10.1. The highest BCUT2D eigenvalue weighted by Gasteiger charge is 2.25. The summed E-state index contributed by atoms with van der Waals surface area (Å²) in [6.07, 6.45) is 1.99. The number of thioether (sulfide) groups is 1. The van der Waals surface area contributed by atoms with E-state index >= 15 is 0 Å². The molecule has 130 valence electrons. The quantitative estimate of drug-likeness (QED) is 0.792. The molecule has 0 bridgehead atoms. The predicted molar refractivity (Wildman–Crippen MR) is 96.4 cm³/mol. The summed E-state index contributed by atoms with van der Waals surface area (Å²) in [6.45, 7) is 1.85. The molecular formula is C19H19FN2O2S. The topological polar surface area (TPSA) is 40.6 Å². The van der Waals surface area contributed by atoms with Gasteiger partial charge in [0.1, 0.15) is 5.82 Å². The monoisotopic (exact) mass is 358 g/mol. The number of benzene rings is 2. The molecule has 0 unspecified atom stereocenters. The van der Waals surface area contributed by atoms with Gasteiger partial charge in [0.05, 0.1) is 0 Å². The molecule has 0 radical (unpaired) electrons. The Balaban J connectivity index is 1.61. The van der Waals surface area contributed by atoms with Gasteiger partial charge in [0.25, 0.3) is 11.8 Å². The van der Waals surface area contributed by atoms with E-state index in [2.05, 4.69) is 0 Å². The van der Waals surface area contributed by atoms with Crippen molar-refractivity contribution in [3.63, 3.8) is 0 Å². The van der Waals surface area contributed by atoms with Gasteiger partial charge in [0, 0.05) is 42.2 Å². The lowest BCUT2D eigenvalue weighted by molar-refractivity contribution is 0.0535. The van der Waals surface area contributed by atoms with Crippen LogP contribution >= 0.6 is 11.8 Å². The third kappa shape index (κ3) is 4.02. The lowest BCUT2D eigenvalue weighted by Crippen LogP contribution is -2.50. The average Bonchev–Trinajstić information content (AvgIpc) is 2.67. The normalized spacial score (nSPS) is 14.5. The molecule has 1 aliphatic heterocycles. The SMILES string of the molecule is CSc1ccc(C(=O)N2CCN(C(=O)c3cccc(F)c3)CC2)cc1. The van der Waals surface area contributed by atoms with Gasteiger partial charge in [0.15, 0.2) is 0 Å². The van der Waals surface area contributed by atoms with Gasteiger partial charge in [-0.1, -0.05) is 6.07 Å². The minimum absolute atomic E-state index is 0.0227. The van der Waals surface area contributed by atoms with Crippen LogP contribution in [0.15, 0.2) is 53.4 Å². The molecule has 2 aromatic rings. The van der Waals surface area contributed by atoms with Crippen LogP contribution in [0.5, 0.6) is 0 Å². The molecule has 0 N–H and O–H groups in total. The Hall–Kier alpha value is -2.34. The van der Waals surface area contributed by atoms with Crippen LogP contribution in [0.1, 0.15) is 20.7 Å². The van der Waals surface area contributed by atoms with Crippen molar-refractivity contribution < 1.29 is 14.0 Å². The van der Waals surface area contributed by atoms with Gasteiger partial charge in [0.2, 0.25) is 0 Å². The number of hydrogen-bond donors (Lipinski definition) is 0. The summed E-state index contributed by atoms with van der Waals surface area (Å²) >= 11 is 1.63. The van der Waals surface area contributed by atoms with E-state index in [1.807, 2.05) is 30.5 Å². The van der Waals surface area contributed by atoms with Crippen LogP contribution < -0.4 is 0 Å². The number of nitrogens with zero attached hydrogens (tertiary/aromatic N) is 2. The summed E-state index contributed by atoms with van der Waals surface area (Å²) in [5.74, 6) is -0.644. The van der Waals surface area contributed by atoms with Gasteiger partial charge in [-0.3, -0.25) is 9.59 Å². The zero-order chi connectivity index (χ0) is 17.8. The predicted octanol–water partition coefficient (Wildman–Crippen LogP) is 3.15. The summed E-state index contributed by atoms with van der Waals surface area (Å²) in [4.78, 5) is 29.5. The van der Waals surface area contributed by atoms with Gasteiger partial charge in [-0.15, -0.1) is 11.8 Å². The number of hydrogen-bond acceptors (Lipinski definition) is 3. The fraction of sp³-hybridized carbons (Fsp3) is 0.263. The first kappa shape index (κ1) is 17.5. The van der Waals surface area contributed by atoms with Crippen LogP contribution in [0.25, 0.3) is 0 Å². The second-order valence-electron chi connectivity index (χ2n) is 5.82. The fourth-order valence-corrected chi connectivity index (χ4v) is 3.24. The molecule has 0 aliphatic carbocycles. The van der Waals surface area contributed by atoms with E-state index in [0.717, 1.165) is 4.90 Å². The molecule has 0 aromatic heterocycles. The fourth-order valence-electron chi connectivity index (χ4n) is 2.83. The highest BCUT2D eigenvalue weighted by atomic mass is 32.2. The molecule has 4 nitrogen and oxygen atoms in total. The Morgan fingerprint density at radius 3 is 1.96 bits per heavy atom. The van der Waals surface area contributed by atoms with Gasteiger partial charge < -0.3 is 9.80 Å². The Morgan fingerprint density at radius 2 is 1.44 bits per heavy atom. The molecule has 1 saturated heterocycles. The number of amides is 2. The van der Waals surface area contributed by atoms with E-state index in [0.29, 0.717) is 37.3 Å². The maximum Gasteiger partial charge on any atom is 0.254 e. The molecule has 1 fully saturated rings. The maximum absolute atomic E-state index is 13.3. The van der Waals surface area contributed by atoms with Crippen LogP contribution in [-0.4, -0.2) is 54.0 Å². The number of carbonyl (C=O) groups excluding carboxylic acids is 2. The lowest BCUT2D eigenvalue weighted by Gasteiger charge is -2.35. The molecule has 2 aromatic carbocycles. The Kier molecular flexibility index (Phi) is 5.38. The second kappa shape index (κ2) is 7.70. The molecule has 2 amide bonds. The molecule has 25 heavy (non-hydrogen) atoms. The standard InChI is InChI=1S/C19H19FN2O2S/c1-25-17-7-5-14(6-8-17)18(23)21-9-11-22(12-10-21)19(24)15-3-2-4-16(20)13-15/h2-8,13H,9-12H2,1H3. The van der Waals surface area contributed by atoms with Gasteiger partial charge in [-0.2, -0.15) is 0 Å². The first-order valence-electron chi connectivity index (χ1n) is 8.06. The zero-order valence-electron chi connectivity index (χ0n) is 13.9. The molecule has 6 heteroatoms. The van der Waals surface area contributed by atoms with E-state index in [9.17, 15) is 14.0 Å². The summed E-state index contributed by atoms with van der Waals surface area (Å²) < 4.78 is 13.3. The van der Waals surface area contributed by atoms with Crippen LogP contribution in [0.2, 0.25) is 0 Å². The smallest absolute Gasteiger partial charge is 0.254 e. The molecule has 0 spiro atoms. The van der Waals surface area contributed by atoms with Gasteiger partial charge in [-0.25, -0.2) is 4.39 Å². The summed E-state index contributed by atoms with van der Waals surface area (Å²) in [6, 6.07) is 13.2. The van der Waals surface area contributed by atoms with E-state index in [1.165, 1.54) is 18.2 Å². The molecule has 3 rings (SSSR count). The van der Waals surface area contributed by atoms with Crippen LogP contribution in [0.4, 0.5) is 4.39 Å². The third-order valence-electron chi connectivity index (χ3n) is 4.26. The van der Waals surface area contributed by atoms with E-state index in [4.69, 9.17) is 0 Å². The minimum atomic E-state index is -0.423. The Labute approximate surface area is 150 Å². The van der Waals surface area contributed by atoms with Crippen LogP contribution in [-0.2, 0) is 0 Å². The summed E-state index contributed by atoms with van der Waals surface area (Å²) in [5, 5.41) is 0. The molecule has 0 atom stereocenters. The van der Waals surface area contributed by atoms with Crippen molar-refractivity contribution in [1.82, 2.24) is 9.80 Å². The van der Waals surface area contributed by atoms with Gasteiger partial charge in [-0.05, 0) is 48.7 Å². The van der Waals surface area contributed by atoms with Crippen molar-refractivity contribution in [2.75, 3.05) is 32.4 Å². The van der Waals surface area contributed by atoms with Crippen molar-refractivity contribution in [3.8, 4) is 0 Å². The van der Waals surface area contributed by atoms with Crippen molar-refractivity contribution in [2.24, 2.45) is 0 Å². The average molecular weight is 358 g/mol. The number of rotatable bonds is 3. The van der Waals surface area contributed by atoms with Crippen molar-refractivity contribution >= 4 is 23.6 Å². The third-order valence-corrected chi connectivity index (χ3v) is 5.01. The molecule has 0 saturated carbocycles. The number of piperazine rings is 1. The summed E-state index contributed by atoms with van der Waals surface area (Å²) in [5.41, 5.74) is 0.995. The van der Waals surface area contributed by atoms with E-state index in [1.54, 1.807) is 27.6 Å². The van der Waals surface area contributed by atoms with Gasteiger partial charge >= 0.3 is 0 Å². The molecule has 1 heterocycles. The Morgan fingerprint density at radius 1 is 0.880 bits per heavy atom. The Bertz CT molecular complexity index is 771. The first-order valence-corrected chi connectivity index (χ1v) is 9.29. The van der Waals surface area contributed by atoms with Crippen molar-refractivity contribution in [1.29, 1.82) is 0 Å². The highest BCUT2D eigenvalue weighted by Crippen LogP contribution is 2.17. The summed E-state index contributed by atoms with van der Waals surface area (Å²) in [7, 11) is 0. The van der Waals surface area contributed by atoms with E-state index in [-0.39, 0.29) is 11.8 Å². The number of halogens is 1. The van der Waals surface area contributed by atoms with E-state index < -0.39 is 5.82 Å². The second-order valence-corrected chi connectivity index (χ2v) is 6.70.